The molecule has 1 heterocycles. The quantitative estimate of drug-likeness (QED) is 0.400. The third-order valence-electron chi connectivity index (χ3n) is 5.48. The zero-order valence-corrected chi connectivity index (χ0v) is 17.8. The lowest BCUT2D eigenvalue weighted by Crippen LogP contribution is -2.59. The highest BCUT2D eigenvalue weighted by molar-refractivity contribution is 6.10. The molecule has 3 N–H and O–H groups in total. The predicted octanol–water partition coefficient (Wildman–Crippen LogP) is 1.86. The fourth-order valence-electron chi connectivity index (χ4n) is 3.79. The van der Waals surface area contributed by atoms with Crippen molar-refractivity contribution in [3.8, 4) is 5.75 Å². The van der Waals surface area contributed by atoms with Crippen molar-refractivity contribution in [2.45, 2.75) is 44.1 Å². The summed E-state index contributed by atoms with van der Waals surface area (Å²) in [6.45, 7) is -4.81. The first-order chi connectivity index (χ1) is 16.0. The van der Waals surface area contributed by atoms with Crippen LogP contribution in [0.2, 0.25) is 0 Å². The average Bonchev–Trinajstić information content (AvgIpc) is 2.65. The Bertz CT molecular complexity index is 925. The van der Waals surface area contributed by atoms with Gasteiger partial charge in [-0.15, -0.1) is 0 Å². The third kappa shape index (κ3) is 6.32. The molecule has 1 aromatic carbocycles. The highest BCUT2D eigenvalue weighted by Crippen LogP contribution is 2.34. The van der Waals surface area contributed by atoms with E-state index in [0.717, 1.165) is 6.07 Å². The molecular weight excluding hydrogens is 471 g/mol. The van der Waals surface area contributed by atoms with Crippen LogP contribution in [0.4, 0.5) is 33.3 Å². The number of nitrogens with one attached hydrogen (secondary N) is 1. The van der Waals surface area contributed by atoms with Crippen molar-refractivity contribution in [2.75, 3.05) is 36.5 Å². The van der Waals surface area contributed by atoms with Crippen LogP contribution in [0.5, 0.6) is 5.75 Å². The topological polar surface area (TPSA) is 114 Å². The van der Waals surface area contributed by atoms with Gasteiger partial charge in [0.25, 0.3) is 11.8 Å². The van der Waals surface area contributed by atoms with Gasteiger partial charge in [0.05, 0.1) is 18.8 Å². The number of amides is 3. The smallest absolute Gasteiger partial charge is 0.401 e. The van der Waals surface area contributed by atoms with Crippen LogP contribution in [0.15, 0.2) is 18.2 Å². The highest BCUT2D eigenvalue weighted by atomic mass is 19.4. The van der Waals surface area contributed by atoms with Crippen LogP contribution < -0.4 is 20.7 Å². The maximum atomic E-state index is 13.1. The van der Waals surface area contributed by atoms with E-state index < -0.39 is 54.9 Å². The van der Waals surface area contributed by atoms with Gasteiger partial charge >= 0.3 is 12.8 Å². The van der Waals surface area contributed by atoms with E-state index in [0.29, 0.717) is 24.2 Å². The molecule has 3 rings (SSSR count). The third-order valence-corrected chi connectivity index (χ3v) is 5.48. The minimum absolute atomic E-state index is 0.00813. The number of carbonyl (C=O) groups excluding carboxylic acids is 3. The molecular formula is C20H23F5N4O5. The maximum Gasteiger partial charge on any atom is 0.401 e. The number of alkyl halides is 5. The number of anilines is 2. The predicted molar refractivity (Wildman–Crippen MR) is 108 cm³/mol. The second-order valence-electron chi connectivity index (χ2n) is 7.83. The maximum absolute atomic E-state index is 13.1. The Morgan fingerprint density at radius 3 is 2.53 bits per heavy atom. The molecule has 1 aromatic rings. The van der Waals surface area contributed by atoms with Crippen LogP contribution in [0.1, 0.15) is 19.3 Å². The molecule has 1 saturated carbocycles. The van der Waals surface area contributed by atoms with Crippen LogP contribution in [-0.2, 0) is 19.1 Å². The Balaban J connectivity index is 1.86. The van der Waals surface area contributed by atoms with E-state index in [1.165, 1.54) is 17.0 Å². The number of morpholine rings is 1. The zero-order chi connectivity index (χ0) is 25.0. The molecule has 0 spiro atoms. The van der Waals surface area contributed by atoms with Crippen molar-refractivity contribution in [1.29, 1.82) is 0 Å². The molecule has 2 aliphatic rings. The average molecular weight is 494 g/mol. The number of benzene rings is 1. The molecule has 0 bridgehead atoms. The van der Waals surface area contributed by atoms with E-state index in [1.807, 2.05) is 0 Å². The number of nitrogens with zero attached hydrogens (tertiary/aromatic N) is 2. The van der Waals surface area contributed by atoms with Gasteiger partial charge in [-0.3, -0.25) is 19.3 Å². The monoisotopic (exact) mass is 494 g/mol. The van der Waals surface area contributed by atoms with E-state index in [9.17, 15) is 36.3 Å². The standard InChI is InChI=1S/C20H23F5N4O5/c21-19(22)34-14-8-11(4-5-13(14)28-6-7-33-9-15(28)30)27-18(32)16(17(26)31)29(10-20(23,24)25)12-2-1-3-12/h4-5,8,12,16,19H,1-3,6-7,9-10H2,(H2,26,31)(H,27,32)/t16-/m1/s1. The number of carbonyl (C=O) groups is 3. The van der Waals surface area contributed by atoms with E-state index in [4.69, 9.17) is 10.5 Å². The Kier molecular flexibility index (Phi) is 7.92. The molecule has 188 valence electrons. The lowest BCUT2D eigenvalue weighted by Gasteiger charge is -2.40. The van der Waals surface area contributed by atoms with Crippen LogP contribution in [0.3, 0.4) is 0 Å². The fraction of sp³-hybridized carbons (Fsp3) is 0.550. The molecule has 0 radical (unpaired) electrons. The summed E-state index contributed by atoms with van der Waals surface area (Å²) in [5.41, 5.74) is 5.12. The van der Waals surface area contributed by atoms with Gasteiger partial charge in [-0.25, -0.2) is 0 Å². The molecule has 1 saturated heterocycles. The number of ether oxygens (including phenoxy) is 2. The van der Waals surface area contributed by atoms with Crippen molar-refractivity contribution < 1.29 is 45.8 Å². The van der Waals surface area contributed by atoms with Crippen LogP contribution in [0, 0.1) is 0 Å². The molecule has 1 aliphatic heterocycles. The number of nitrogens with two attached hydrogens (primary N) is 1. The number of hydrogen-bond acceptors (Lipinski definition) is 6. The van der Waals surface area contributed by atoms with Gasteiger partial charge in [0.1, 0.15) is 6.61 Å². The Morgan fingerprint density at radius 1 is 1.29 bits per heavy atom. The Hall–Kier alpha value is -3.00. The molecule has 34 heavy (non-hydrogen) atoms. The van der Waals surface area contributed by atoms with E-state index >= 15 is 0 Å². The minimum Gasteiger partial charge on any atom is -0.433 e. The number of hydrogen-bond donors (Lipinski definition) is 2. The molecule has 14 heteroatoms. The first-order valence-corrected chi connectivity index (χ1v) is 10.4. The zero-order valence-electron chi connectivity index (χ0n) is 17.8. The minimum atomic E-state index is -4.69. The number of halogens is 5. The van der Waals surface area contributed by atoms with E-state index in [1.54, 1.807) is 0 Å². The second kappa shape index (κ2) is 10.5. The van der Waals surface area contributed by atoms with Crippen LogP contribution in [-0.4, -0.2) is 73.8 Å². The van der Waals surface area contributed by atoms with Gasteiger partial charge in [-0.2, -0.15) is 22.0 Å². The molecule has 2 fully saturated rings. The number of primary amides is 1. The van der Waals surface area contributed by atoms with Crippen molar-refractivity contribution in [3.05, 3.63) is 18.2 Å². The Labute approximate surface area is 190 Å². The SMILES string of the molecule is NC(=O)[C@H](C(=O)Nc1ccc(N2CCOCC2=O)c(OC(F)F)c1)N(CC(F)(F)F)C1CCC1. The summed E-state index contributed by atoms with van der Waals surface area (Å²) in [7, 11) is 0. The largest absolute Gasteiger partial charge is 0.433 e. The molecule has 1 aliphatic carbocycles. The van der Waals surface area contributed by atoms with Gasteiger partial charge in [0.2, 0.25) is 5.91 Å². The van der Waals surface area contributed by atoms with Crippen molar-refractivity contribution in [1.82, 2.24) is 4.90 Å². The Morgan fingerprint density at radius 2 is 2.00 bits per heavy atom. The molecule has 3 amide bonds. The lowest BCUT2D eigenvalue weighted by molar-refractivity contribution is -0.165. The highest BCUT2D eigenvalue weighted by Gasteiger charge is 2.44. The number of rotatable bonds is 9. The van der Waals surface area contributed by atoms with Gasteiger partial charge in [0, 0.05) is 24.3 Å². The summed E-state index contributed by atoms with van der Waals surface area (Å²) in [6, 6.07) is 0.862. The van der Waals surface area contributed by atoms with Gasteiger partial charge < -0.3 is 25.4 Å². The van der Waals surface area contributed by atoms with Crippen LogP contribution >= 0.6 is 0 Å². The molecule has 1 atom stereocenters. The van der Waals surface area contributed by atoms with Crippen molar-refractivity contribution in [3.63, 3.8) is 0 Å². The molecule has 9 nitrogen and oxygen atoms in total. The van der Waals surface area contributed by atoms with Gasteiger partial charge in [-0.1, -0.05) is 6.42 Å². The summed E-state index contributed by atoms with van der Waals surface area (Å²) in [5.74, 6) is -3.39. The molecule has 0 unspecified atom stereocenters. The van der Waals surface area contributed by atoms with Gasteiger partial charge in [-0.05, 0) is 25.0 Å². The van der Waals surface area contributed by atoms with Crippen molar-refractivity contribution in [2.24, 2.45) is 5.73 Å². The first kappa shape index (κ1) is 25.6. The normalized spacial score (nSPS) is 18.1. The summed E-state index contributed by atoms with van der Waals surface area (Å²) in [6.07, 6.45) is -3.32. The van der Waals surface area contributed by atoms with E-state index in [2.05, 4.69) is 10.1 Å². The molecule has 0 aromatic heterocycles. The van der Waals surface area contributed by atoms with E-state index in [-0.39, 0.29) is 31.1 Å². The van der Waals surface area contributed by atoms with Crippen LogP contribution in [0.25, 0.3) is 0 Å². The summed E-state index contributed by atoms with van der Waals surface area (Å²) in [5, 5.41) is 2.25. The summed E-state index contributed by atoms with van der Waals surface area (Å²) >= 11 is 0. The second-order valence-corrected chi connectivity index (χ2v) is 7.83. The van der Waals surface area contributed by atoms with Crippen molar-refractivity contribution >= 4 is 29.1 Å². The summed E-state index contributed by atoms with van der Waals surface area (Å²) in [4.78, 5) is 38.8. The lowest BCUT2D eigenvalue weighted by atomic mass is 9.90. The fourth-order valence-corrected chi connectivity index (χ4v) is 3.79. The summed E-state index contributed by atoms with van der Waals surface area (Å²) < 4.78 is 74.8. The van der Waals surface area contributed by atoms with Gasteiger partial charge in [0.15, 0.2) is 11.8 Å². The first-order valence-electron chi connectivity index (χ1n) is 10.4.